The predicted octanol–water partition coefficient (Wildman–Crippen LogP) is 4.94. The number of carbonyl (C=O) groups is 1. The van der Waals surface area contributed by atoms with E-state index in [1.54, 1.807) is 17.7 Å². The highest BCUT2D eigenvalue weighted by Gasteiger charge is 2.19. The zero-order chi connectivity index (χ0) is 21.7. The molecular weight excluding hydrogens is 376 g/mol. The molecule has 6 heteroatoms. The summed E-state index contributed by atoms with van der Waals surface area (Å²) in [7, 11) is 1.65. The van der Waals surface area contributed by atoms with Gasteiger partial charge in [0.05, 0.1) is 12.8 Å². The lowest BCUT2D eigenvalue weighted by atomic mass is 10.1. The molecular formula is C24H32N4O2. The summed E-state index contributed by atoms with van der Waals surface area (Å²) in [6, 6.07) is 11.4. The highest BCUT2D eigenvalue weighted by atomic mass is 16.5. The van der Waals surface area contributed by atoms with Gasteiger partial charge < -0.3 is 9.64 Å². The van der Waals surface area contributed by atoms with E-state index in [1.807, 2.05) is 41.4 Å². The van der Waals surface area contributed by atoms with Gasteiger partial charge in [0.15, 0.2) is 5.65 Å². The highest BCUT2D eigenvalue weighted by molar-refractivity contribution is 5.92. The minimum atomic E-state index is -0.00834. The maximum Gasteiger partial charge on any atom is 0.272 e. The van der Waals surface area contributed by atoms with Crippen molar-refractivity contribution in [2.75, 3.05) is 20.2 Å². The molecule has 0 aliphatic carbocycles. The summed E-state index contributed by atoms with van der Waals surface area (Å²) in [6.45, 7) is 10.2. The first kappa shape index (κ1) is 21.8. The lowest BCUT2D eigenvalue weighted by Gasteiger charge is -2.24. The molecule has 2 aromatic heterocycles. The quantitative estimate of drug-likeness (QED) is 0.503. The zero-order valence-corrected chi connectivity index (χ0v) is 18.6. The summed E-state index contributed by atoms with van der Waals surface area (Å²) >= 11 is 0. The van der Waals surface area contributed by atoms with Crippen LogP contribution in [-0.2, 0) is 0 Å². The lowest BCUT2D eigenvalue weighted by Crippen LogP contribution is -2.34. The van der Waals surface area contributed by atoms with Crippen LogP contribution < -0.4 is 4.74 Å². The van der Waals surface area contributed by atoms with Crippen LogP contribution >= 0.6 is 0 Å². The highest BCUT2D eigenvalue weighted by Crippen LogP contribution is 2.22. The van der Waals surface area contributed by atoms with Crippen molar-refractivity contribution in [3.05, 3.63) is 48.3 Å². The number of methoxy groups -OCH3 is 1. The monoisotopic (exact) mass is 408 g/mol. The van der Waals surface area contributed by atoms with Crippen molar-refractivity contribution in [2.24, 2.45) is 11.8 Å². The third-order valence-electron chi connectivity index (χ3n) is 5.17. The van der Waals surface area contributed by atoms with Crippen LogP contribution in [0.3, 0.4) is 0 Å². The average Bonchev–Trinajstić information content (AvgIpc) is 3.16. The molecule has 0 aliphatic heterocycles. The van der Waals surface area contributed by atoms with Crippen LogP contribution in [0, 0.1) is 11.8 Å². The molecule has 1 amide bonds. The van der Waals surface area contributed by atoms with Gasteiger partial charge in [-0.3, -0.25) is 4.79 Å². The Morgan fingerprint density at radius 1 is 1.03 bits per heavy atom. The van der Waals surface area contributed by atoms with Gasteiger partial charge >= 0.3 is 0 Å². The number of benzene rings is 1. The number of hydrogen-bond donors (Lipinski definition) is 0. The molecule has 0 saturated heterocycles. The summed E-state index contributed by atoms with van der Waals surface area (Å²) in [4.78, 5) is 19.7. The number of amides is 1. The maximum atomic E-state index is 13.2. The Kier molecular flexibility index (Phi) is 7.08. The summed E-state index contributed by atoms with van der Waals surface area (Å²) in [5, 5.41) is 4.59. The van der Waals surface area contributed by atoms with Gasteiger partial charge in [-0.15, -0.1) is 0 Å². The standard InChI is InChI=1S/C24H32N4O2/c1-17(2)10-13-27(14-11-18(3)4)24(29)21-12-15-28-23(25-21)16-22(26-28)19-6-8-20(30-5)9-7-19/h6-9,12,15-18H,10-11,13-14H2,1-5H3. The Hall–Kier alpha value is -2.89. The molecule has 0 radical (unpaired) electrons. The minimum Gasteiger partial charge on any atom is -0.497 e. The third kappa shape index (κ3) is 5.38. The van der Waals surface area contributed by atoms with Crippen LogP contribution in [0.4, 0.5) is 0 Å². The summed E-state index contributed by atoms with van der Waals surface area (Å²) in [5.41, 5.74) is 2.92. The molecule has 0 aliphatic rings. The van der Waals surface area contributed by atoms with E-state index in [2.05, 4.69) is 37.8 Å². The average molecular weight is 409 g/mol. The lowest BCUT2D eigenvalue weighted by molar-refractivity contribution is 0.0735. The van der Waals surface area contributed by atoms with Gasteiger partial charge in [0.1, 0.15) is 11.4 Å². The van der Waals surface area contributed by atoms with E-state index in [4.69, 9.17) is 4.74 Å². The van der Waals surface area contributed by atoms with E-state index < -0.39 is 0 Å². The van der Waals surface area contributed by atoms with Crippen LogP contribution in [0.15, 0.2) is 42.6 Å². The van der Waals surface area contributed by atoms with Crippen molar-refractivity contribution in [1.82, 2.24) is 19.5 Å². The molecule has 2 heterocycles. The van der Waals surface area contributed by atoms with E-state index in [9.17, 15) is 4.79 Å². The smallest absolute Gasteiger partial charge is 0.272 e. The van der Waals surface area contributed by atoms with E-state index in [0.29, 0.717) is 23.2 Å². The van der Waals surface area contributed by atoms with Crippen LogP contribution in [0.25, 0.3) is 16.9 Å². The van der Waals surface area contributed by atoms with Gasteiger partial charge in [-0.05, 0) is 55.0 Å². The number of rotatable bonds is 9. The molecule has 3 aromatic rings. The summed E-state index contributed by atoms with van der Waals surface area (Å²) in [6.07, 6.45) is 3.78. The van der Waals surface area contributed by atoms with Crippen molar-refractivity contribution in [3.63, 3.8) is 0 Å². The molecule has 30 heavy (non-hydrogen) atoms. The van der Waals surface area contributed by atoms with Gasteiger partial charge in [0, 0.05) is 30.9 Å². The van der Waals surface area contributed by atoms with Crippen LogP contribution in [0.2, 0.25) is 0 Å². The van der Waals surface area contributed by atoms with Gasteiger partial charge in [0.2, 0.25) is 0 Å². The Bertz CT molecular complexity index is 965. The SMILES string of the molecule is COc1ccc(-c2cc3nc(C(=O)N(CCC(C)C)CCC(C)C)ccn3n2)cc1. The van der Waals surface area contributed by atoms with E-state index >= 15 is 0 Å². The Balaban J connectivity index is 1.83. The Morgan fingerprint density at radius 2 is 1.67 bits per heavy atom. The largest absolute Gasteiger partial charge is 0.497 e. The van der Waals surface area contributed by atoms with Crippen molar-refractivity contribution in [1.29, 1.82) is 0 Å². The van der Waals surface area contributed by atoms with Crippen LogP contribution in [0.5, 0.6) is 5.75 Å². The van der Waals surface area contributed by atoms with E-state index in [-0.39, 0.29) is 5.91 Å². The fraction of sp³-hybridized carbons (Fsp3) is 0.458. The van der Waals surface area contributed by atoms with Crippen molar-refractivity contribution in [3.8, 4) is 17.0 Å². The molecule has 3 rings (SSSR count). The first-order valence-corrected chi connectivity index (χ1v) is 10.7. The fourth-order valence-electron chi connectivity index (χ4n) is 3.21. The predicted molar refractivity (Wildman–Crippen MR) is 120 cm³/mol. The first-order chi connectivity index (χ1) is 14.4. The molecule has 0 N–H and O–H groups in total. The number of nitrogens with zero attached hydrogens (tertiary/aromatic N) is 4. The van der Waals surface area contributed by atoms with Gasteiger partial charge in [0.25, 0.3) is 5.91 Å². The summed E-state index contributed by atoms with van der Waals surface area (Å²) in [5.74, 6) is 1.90. The van der Waals surface area contributed by atoms with Crippen LogP contribution in [0.1, 0.15) is 51.0 Å². The number of aromatic nitrogens is 3. The normalized spacial score (nSPS) is 11.4. The van der Waals surface area contributed by atoms with E-state index in [0.717, 1.165) is 42.9 Å². The molecule has 0 spiro atoms. The Morgan fingerprint density at radius 3 is 2.23 bits per heavy atom. The number of fused-ring (bicyclic) bond motifs is 1. The van der Waals surface area contributed by atoms with Crippen molar-refractivity contribution >= 4 is 11.6 Å². The molecule has 6 nitrogen and oxygen atoms in total. The van der Waals surface area contributed by atoms with Crippen molar-refractivity contribution in [2.45, 2.75) is 40.5 Å². The number of ether oxygens (including phenoxy) is 1. The topological polar surface area (TPSA) is 59.7 Å². The molecule has 0 saturated carbocycles. The molecule has 0 bridgehead atoms. The molecule has 0 fully saturated rings. The van der Waals surface area contributed by atoms with E-state index in [1.165, 1.54) is 0 Å². The number of carbonyl (C=O) groups excluding carboxylic acids is 1. The molecule has 160 valence electrons. The van der Waals surface area contributed by atoms with Gasteiger partial charge in [-0.1, -0.05) is 27.7 Å². The molecule has 0 unspecified atom stereocenters. The molecule has 0 atom stereocenters. The van der Waals surface area contributed by atoms with Crippen molar-refractivity contribution < 1.29 is 9.53 Å². The van der Waals surface area contributed by atoms with Gasteiger partial charge in [-0.2, -0.15) is 5.10 Å². The fourth-order valence-corrected chi connectivity index (χ4v) is 3.21. The molecule has 1 aromatic carbocycles. The Labute approximate surface area is 178 Å². The van der Waals surface area contributed by atoms with Gasteiger partial charge in [-0.25, -0.2) is 9.50 Å². The first-order valence-electron chi connectivity index (χ1n) is 10.7. The number of hydrogen-bond acceptors (Lipinski definition) is 4. The third-order valence-corrected chi connectivity index (χ3v) is 5.17. The minimum absolute atomic E-state index is 0.00834. The van der Waals surface area contributed by atoms with Crippen LogP contribution in [-0.4, -0.2) is 45.6 Å². The second kappa shape index (κ2) is 9.74. The maximum absolute atomic E-state index is 13.2. The second-order valence-electron chi connectivity index (χ2n) is 8.53. The second-order valence-corrected chi connectivity index (χ2v) is 8.53. The zero-order valence-electron chi connectivity index (χ0n) is 18.6. The summed E-state index contributed by atoms with van der Waals surface area (Å²) < 4.78 is 6.93.